The van der Waals surface area contributed by atoms with Crippen LogP contribution in [-0.2, 0) is 4.79 Å². The zero-order valence-electron chi connectivity index (χ0n) is 38.0. The molecule has 0 saturated heterocycles. The molecule has 0 aliphatic carbocycles. The molecule has 4 N–H and O–H groups in total. The lowest BCUT2D eigenvalue weighted by molar-refractivity contribution is -0.131. The van der Waals surface area contributed by atoms with Crippen LogP contribution < -0.4 is 5.32 Å². The van der Waals surface area contributed by atoms with Gasteiger partial charge in [-0.2, -0.15) is 0 Å². The van der Waals surface area contributed by atoms with Crippen molar-refractivity contribution in [2.24, 2.45) is 0 Å². The van der Waals surface area contributed by atoms with E-state index in [0.717, 1.165) is 32.1 Å². The van der Waals surface area contributed by atoms with Gasteiger partial charge >= 0.3 is 0 Å². The molecule has 0 aromatic heterocycles. The number of amides is 1. The Balaban J connectivity index is 3.55. The van der Waals surface area contributed by atoms with Crippen LogP contribution in [0.3, 0.4) is 0 Å². The molecule has 0 aliphatic rings. The maximum Gasteiger partial charge on any atom is 0.249 e. The quantitative estimate of drug-likeness (QED) is 0.0365. The van der Waals surface area contributed by atoms with Gasteiger partial charge in [-0.15, -0.1) is 0 Å². The van der Waals surface area contributed by atoms with Gasteiger partial charge < -0.3 is 20.6 Å². The first-order valence-corrected chi connectivity index (χ1v) is 25.5. The maximum absolute atomic E-state index is 12.5. The lowest BCUT2D eigenvalue weighted by Gasteiger charge is -2.23. The fourth-order valence-electron chi connectivity index (χ4n) is 8.13. The van der Waals surface area contributed by atoms with Gasteiger partial charge in [-0.1, -0.05) is 257 Å². The fraction of sp³-hybridized carbons (Fsp3) is 0.941. The molecule has 5 nitrogen and oxygen atoms in total. The highest BCUT2D eigenvalue weighted by molar-refractivity contribution is 5.80. The number of carbonyl (C=O) groups excluding carboxylic acids is 1. The van der Waals surface area contributed by atoms with Gasteiger partial charge in [0.25, 0.3) is 0 Å². The minimum Gasteiger partial charge on any atom is -0.394 e. The minimum absolute atomic E-state index is 0.312. The number of nitrogens with one attached hydrogen (secondary N) is 1. The second-order valence-electron chi connectivity index (χ2n) is 17.7. The van der Waals surface area contributed by atoms with Gasteiger partial charge in [-0.25, -0.2) is 0 Å². The van der Waals surface area contributed by atoms with E-state index in [1.165, 1.54) is 225 Å². The lowest BCUT2D eigenvalue weighted by Crippen LogP contribution is -2.49. The van der Waals surface area contributed by atoms with Crippen molar-refractivity contribution in [2.45, 2.75) is 302 Å². The average molecular weight is 792 g/mol. The second-order valence-corrected chi connectivity index (χ2v) is 17.7. The normalized spacial score (nSPS) is 13.4. The Bertz CT molecular complexity index is 788. The highest BCUT2D eigenvalue weighted by Gasteiger charge is 2.23. The van der Waals surface area contributed by atoms with E-state index < -0.39 is 24.2 Å². The summed E-state index contributed by atoms with van der Waals surface area (Å²) in [5.41, 5.74) is 0. The molecule has 5 heteroatoms. The largest absolute Gasteiger partial charge is 0.394 e. The molecule has 0 heterocycles. The second kappa shape index (κ2) is 46.8. The van der Waals surface area contributed by atoms with Gasteiger partial charge in [-0.3, -0.25) is 4.79 Å². The van der Waals surface area contributed by atoms with Crippen molar-refractivity contribution in [1.29, 1.82) is 0 Å². The molecule has 0 aromatic rings. The van der Waals surface area contributed by atoms with Crippen LogP contribution in [0.5, 0.6) is 0 Å². The molecule has 0 radical (unpaired) electrons. The highest BCUT2D eigenvalue weighted by Crippen LogP contribution is 2.17. The van der Waals surface area contributed by atoms with Gasteiger partial charge in [0.05, 0.1) is 18.8 Å². The summed E-state index contributed by atoms with van der Waals surface area (Å²) >= 11 is 0. The van der Waals surface area contributed by atoms with Crippen molar-refractivity contribution in [3.8, 4) is 0 Å². The van der Waals surface area contributed by atoms with Crippen molar-refractivity contribution >= 4 is 5.91 Å². The zero-order chi connectivity index (χ0) is 40.8. The summed E-state index contributed by atoms with van der Waals surface area (Å²) in [5, 5.41) is 33.5. The Morgan fingerprint density at radius 3 is 0.982 bits per heavy atom. The van der Waals surface area contributed by atoms with E-state index in [1.807, 2.05) is 0 Å². The number of aliphatic hydroxyl groups is 3. The zero-order valence-corrected chi connectivity index (χ0v) is 38.0. The number of rotatable bonds is 47. The van der Waals surface area contributed by atoms with Gasteiger partial charge in [0.1, 0.15) is 6.10 Å². The third-order valence-electron chi connectivity index (χ3n) is 12.1. The molecule has 0 aromatic carbocycles. The van der Waals surface area contributed by atoms with Crippen LogP contribution in [0.2, 0.25) is 0 Å². The Hall–Kier alpha value is -0.910. The van der Waals surface area contributed by atoms with Crippen LogP contribution in [0, 0.1) is 0 Å². The molecule has 0 bridgehead atoms. The Labute approximate surface area is 350 Å². The summed E-state index contributed by atoms with van der Waals surface area (Å²) in [5.74, 6) is -0.471. The molecule has 1 amide bonds. The van der Waals surface area contributed by atoms with Gasteiger partial charge in [0.2, 0.25) is 5.91 Å². The van der Waals surface area contributed by atoms with E-state index in [0.29, 0.717) is 12.8 Å². The van der Waals surface area contributed by atoms with Crippen LogP contribution in [0.4, 0.5) is 0 Å². The van der Waals surface area contributed by atoms with E-state index in [-0.39, 0.29) is 6.61 Å². The van der Waals surface area contributed by atoms with E-state index in [4.69, 9.17) is 0 Å². The highest BCUT2D eigenvalue weighted by atomic mass is 16.3. The lowest BCUT2D eigenvalue weighted by atomic mass is 10.0. The Kier molecular flexibility index (Phi) is 46.0. The van der Waals surface area contributed by atoms with Crippen molar-refractivity contribution < 1.29 is 20.1 Å². The van der Waals surface area contributed by atoms with E-state index in [9.17, 15) is 20.1 Å². The molecule has 0 aliphatic heterocycles. The summed E-state index contributed by atoms with van der Waals surface area (Å²) in [6, 6.07) is -0.712. The Morgan fingerprint density at radius 1 is 0.411 bits per heavy atom. The molecule has 0 spiro atoms. The molecular weight excluding hydrogens is 691 g/mol. The van der Waals surface area contributed by atoms with Crippen LogP contribution in [0.1, 0.15) is 284 Å². The number of hydrogen-bond donors (Lipinski definition) is 4. The van der Waals surface area contributed by atoms with Crippen molar-refractivity contribution in [3.63, 3.8) is 0 Å². The van der Waals surface area contributed by atoms with Gasteiger partial charge in [0, 0.05) is 0 Å². The third kappa shape index (κ3) is 41.3. The monoisotopic (exact) mass is 792 g/mol. The average Bonchev–Trinajstić information content (AvgIpc) is 3.20. The van der Waals surface area contributed by atoms with Crippen molar-refractivity contribution in [3.05, 3.63) is 12.2 Å². The molecule has 334 valence electrons. The van der Waals surface area contributed by atoms with E-state index in [1.54, 1.807) is 0 Å². The summed E-state index contributed by atoms with van der Waals surface area (Å²) in [4.78, 5) is 12.5. The molecule has 0 saturated carbocycles. The molecule has 56 heavy (non-hydrogen) atoms. The molecule has 3 unspecified atom stereocenters. The summed E-state index contributed by atoms with van der Waals surface area (Å²) < 4.78 is 0. The SMILES string of the molecule is CCCCCCCCCC/C=C\CCCCCCCCC(O)C(=O)NC(CO)C(O)CCCCCCCCCCCCCCCCCCCCCCCCCC. The van der Waals surface area contributed by atoms with Crippen LogP contribution in [-0.4, -0.2) is 46.1 Å². The smallest absolute Gasteiger partial charge is 0.249 e. The molecule has 0 rings (SSSR count). The van der Waals surface area contributed by atoms with Gasteiger partial charge in [0.15, 0.2) is 0 Å². The van der Waals surface area contributed by atoms with E-state index in [2.05, 4.69) is 31.3 Å². The summed E-state index contributed by atoms with van der Waals surface area (Å²) in [6.45, 7) is 4.26. The predicted molar refractivity (Wildman–Crippen MR) is 245 cm³/mol. The van der Waals surface area contributed by atoms with Gasteiger partial charge in [-0.05, 0) is 38.5 Å². The number of carbonyl (C=O) groups is 1. The van der Waals surface area contributed by atoms with Crippen molar-refractivity contribution in [2.75, 3.05) is 6.61 Å². The predicted octanol–water partition coefficient (Wildman–Crippen LogP) is 15.2. The molecule has 3 atom stereocenters. The number of allylic oxidation sites excluding steroid dienone is 2. The van der Waals surface area contributed by atoms with Crippen LogP contribution in [0.25, 0.3) is 0 Å². The fourth-order valence-corrected chi connectivity index (χ4v) is 8.13. The first-order valence-electron chi connectivity index (χ1n) is 25.5. The standard InChI is InChI=1S/C51H101NO4/c1-3-5-7-9-11-13-15-17-19-21-23-24-25-26-27-28-30-31-33-35-37-39-41-43-45-49(54)48(47-53)52-51(56)50(55)46-44-42-40-38-36-34-32-29-22-20-18-16-14-12-10-8-6-4-2/h22,29,48-50,53-55H,3-21,23-28,30-47H2,1-2H3,(H,52,56)/b29-22-. The van der Waals surface area contributed by atoms with E-state index >= 15 is 0 Å². The third-order valence-corrected chi connectivity index (χ3v) is 12.1. The first-order chi connectivity index (χ1) is 27.6. The molecule has 0 fully saturated rings. The molecular formula is C51H101NO4. The summed E-state index contributed by atoms with van der Waals surface area (Å²) in [6.07, 6.45) is 56.6. The van der Waals surface area contributed by atoms with Crippen molar-refractivity contribution in [1.82, 2.24) is 5.32 Å². The van der Waals surface area contributed by atoms with Crippen LogP contribution >= 0.6 is 0 Å². The number of aliphatic hydroxyl groups excluding tert-OH is 3. The minimum atomic E-state index is -1.08. The maximum atomic E-state index is 12.5. The summed E-state index contributed by atoms with van der Waals surface area (Å²) in [7, 11) is 0. The topological polar surface area (TPSA) is 89.8 Å². The number of hydrogen-bond acceptors (Lipinski definition) is 4. The first kappa shape index (κ1) is 55.1. The Morgan fingerprint density at radius 2 is 0.679 bits per heavy atom. The number of unbranched alkanes of at least 4 members (excludes halogenated alkanes) is 37. The van der Waals surface area contributed by atoms with Crippen LogP contribution in [0.15, 0.2) is 12.2 Å².